The zero-order chi connectivity index (χ0) is 15.9. The van der Waals surface area contributed by atoms with Gasteiger partial charge in [0.25, 0.3) is 0 Å². The standard InChI is InChI=1S/C19H21F.FHO/c1-14-5-7-15(8-6-14)16-9-11-17(12-10-16)18-3-2-4-19(20)13-18;1-2/h2-4,9-15H,5-8H2,1H3;2H. The summed E-state index contributed by atoms with van der Waals surface area (Å²) in [5.74, 6) is 1.43. The van der Waals surface area contributed by atoms with E-state index in [1.54, 1.807) is 12.1 Å². The maximum absolute atomic E-state index is 13.3. The third-order valence-electron chi connectivity index (χ3n) is 4.56. The van der Waals surface area contributed by atoms with Crippen LogP contribution in [0.15, 0.2) is 48.5 Å². The van der Waals surface area contributed by atoms with Crippen LogP contribution >= 0.6 is 0 Å². The van der Waals surface area contributed by atoms with Gasteiger partial charge in [0.2, 0.25) is 0 Å². The highest BCUT2D eigenvalue weighted by molar-refractivity contribution is 5.63. The molecule has 0 bridgehead atoms. The topological polar surface area (TPSA) is 20.2 Å². The molecule has 0 aromatic heterocycles. The van der Waals surface area contributed by atoms with E-state index in [-0.39, 0.29) is 5.82 Å². The van der Waals surface area contributed by atoms with Crippen LogP contribution in [0.25, 0.3) is 11.1 Å². The Bertz CT molecular complexity index is 572. The predicted octanol–water partition coefficient (Wildman–Crippen LogP) is 5.65. The van der Waals surface area contributed by atoms with Gasteiger partial charge in [-0.05, 0) is 53.5 Å². The minimum Gasteiger partial charge on any atom is -0.209 e. The lowest BCUT2D eigenvalue weighted by molar-refractivity contribution is -0.0441. The lowest BCUT2D eigenvalue weighted by Crippen LogP contribution is -2.10. The number of hydrogen-bond donors (Lipinski definition) is 1. The van der Waals surface area contributed by atoms with Gasteiger partial charge in [-0.1, -0.05) is 60.7 Å². The molecule has 1 aliphatic carbocycles. The lowest BCUT2D eigenvalue weighted by atomic mass is 9.79. The summed E-state index contributed by atoms with van der Waals surface area (Å²) in [6.07, 6.45) is 5.30. The molecule has 3 rings (SSSR count). The molecule has 1 nitrogen and oxygen atoms in total. The fourth-order valence-corrected chi connectivity index (χ4v) is 3.21. The second-order valence-corrected chi connectivity index (χ2v) is 6.09. The van der Waals surface area contributed by atoms with E-state index < -0.39 is 0 Å². The summed E-state index contributed by atoms with van der Waals surface area (Å²) in [5.41, 5.74) is 3.49. The molecule has 0 aliphatic heterocycles. The Morgan fingerprint density at radius 2 is 1.50 bits per heavy atom. The fraction of sp³-hybridized carbons (Fsp3) is 0.368. The van der Waals surface area contributed by atoms with Gasteiger partial charge in [-0.3, -0.25) is 0 Å². The van der Waals surface area contributed by atoms with Crippen LogP contribution in [0.4, 0.5) is 8.92 Å². The van der Waals surface area contributed by atoms with Crippen molar-refractivity contribution in [2.24, 2.45) is 5.92 Å². The second kappa shape index (κ2) is 8.04. The molecule has 0 spiro atoms. The molecule has 1 fully saturated rings. The Labute approximate surface area is 130 Å². The zero-order valence-corrected chi connectivity index (χ0v) is 12.8. The number of rotatable bonds is 2. The van der Waals surface area contributed by atoms with Crippen LogP contribution in [0.1, 0.15) is 44.1 Å². The molecule has 1 saturated carbocycles. The largest absolute Gasteiger partial charge is 0.209 e. The van der Waals surface area contributed by atoms with E-state index in [0.29, 0.717) is 5.92 Å². The Balaban J connectivity index is 0.000000847. The van der Waals surface area contributed by atoms with Crippen LogP contribution < -0.4 is 0 Å². The molecule has 0 unspecified atom stereocenters. The van der Waals surface area contributed by atoms with E-state index in [9.17, 15) is 4.39 Å². The summed E-state index contributed by atoms with van der Waals surface area (Å²) in [6, 6.07) is 15.5. The van der Waals surface area contributed by atoms with Crippen LogP contribution in [-0.2, 0) is 0 Å². The third-order valence-corrected chi connectivity index (χ3v) is 4.56. The summed E-state index contributed by atoms with van der Waals surface area (Å²) in [7, 11) is 0. The molecule has 0 radical (unpaired) electrons. The normalized spacial score (nSPS) is 20.9. The van der Waals surface area contributed by atoms with Crippen molar-refractivity contribution < 1.29 is 14.2 Å². The predicted molar refractivity (Wildman–Crippen MR) is 85.5 cm³/mol. The summed E-state index contributed by atoms with van der Waals surface area (Å²) in [5, 5.41) is 5.50. The molecule has 1 aliphatic rings. The van der Waals surface area contributed by atoms with Crippen LogP contribution in [-0.4, -0.2) is 5.31 Å². The molecule has 2 aromatic carbocycles. The lowest BCUT2D eigenvalue weighted by Gasteiger charge is -2.26. The summed E-state index contributed by atoms with van der Waals surface area (Å²) in [4.78, 5) is 0. The van der Waals surface area contributed by atoms with Gasteiger partial charge in [0, 0.05) is 0 Å². The molecular weight excluding hydrogens is 282 g/mol. The molecular formula is C19H22F2O. The Kier molecular flexibility index (Phi) is 6.08. The Morgan fingerprint density at radius 3 is 2.09 bits per heavy atom. The van der Waals surface area contributed by atoms with Gasteiger partial charge in [-0.15, -0.1) is 0 Å². The quantitative estimate of drug-likeness (QED) is 0.760. The molecule has 1 N–H and O–H groups in total. The fourth-order valence-electron chi connectivity index (χ4n) is 3.21. The number of halogens is 2. The van der Waals surface area contributed by atoms with Gasteiger partial charge in [0.05, 0.1) is 0 Å². The van der Waals surface area contributed by atoms with E-state index in [0.717, 1.165) is 17.0 Å². The van der Waals surface area contributed by atoms with Crippen molar-refractivity contribution in [2.75, 3.05) is 0 Å². The van der Waals surface area contributed by atoms with Gasteiger partial charge < -0.3 is 0 Å². The van der Waals surface area contributed by atoms with E-state index in [1.165, 1.54) is 37.3 Å². The SMILES string of the molecule is CC1CCC(c2ccc(-c3cccc(F)c3)cc2)CC1.OF. The molecule has 0 amide bonds. The van der Waals surface area contributed by atoms with Crippen molar-refractivity contribution in [1.82, 2.24) is 0 Å². The van der Waals surface area contributed by atoms with E-state index in [2.05, 4.69) is 31.2 Å². The van der Waals surface area contributed by atoms with Gasteiger partial charge in [-0.2, -0.15) is 0 Å². The second-order valence-electron chi connectivity index (χ2n) is 6.09. The van der Waals surface area contributed by atoms with Gasteiger partial charge >= 0.3 is 0 Å². The van der Waals surface area contributed by atoms with Crippen molar-refractivity contribution in [2.45, 2.75) is 38.5 Å². The molecule has 22 heavy (non-hydrogen) atoms. The van der Waals surface area contributed by atoms with E-state index >= 15 is 0 Å². The van der Waals surface area contributed by atoms with Gasteiger partial charge in [0.15, 0.2) is 0 Å². The highest BCUT2D eigenvalue weighted by atomic mass is 19.3. The van der Waals surface area contributed by atoms with E-state index in [4.69, 9.17) is 9.84 Å². The van der Waals surface area contributed by atoms with Crippen LogP contribution in [0.2, 0.25) is 0 Å². The molecule has 0 atom stereocenters. The third kappa shape index (κ3) is 4.14. The van der Waals surface area contributed by atoms with Gasteiger partial charge in [-0.25, -0.2) is 9.70 Å². The highest BCUT2D eigenvalue weighted by Gasteiger charge is 2.19. The molecule has 0 heterocycles. The maximum atomic E-state index is 13.3. The number of benzene rings is 2. The minimum absolute atomic E-state index is 0.173. The smallest absolute Gasteiger partial charge is 0.123 e. The molecule has 3 heteroatoms. The summed E-state index contributed by atoms with van der Waals surface area (Å²) >= 11 is 0. The first-order valence-electron chi connectivity index (χ1n) is 7.75. The van der Waals surface area contributed by atoms with Crippen molar-refractivity contribution in [1.29, 1.82) is 0 Å². The van der Waals surface area contributed by atoms with Gasteiger partial charge in [0.1, 0.15) is 5.82 Å². The van der Waals surface area contributed by atoms with E-state index in [1.807, 2.05) is 6.07 Å². The Hall–Kier alpha value is -1.74. The van der Waals surface area contributed by atoms with Crippen molar-refractivity contribution in [3.8, 4) is 11.1 Å². The average molecular weight is 304 g/mol. The summed E-state index contributed by atoms with van der Waals surface area (Å²) < 4.78 is 21.8. The average Bonchev–Trinajstić information content (AvgIpc) is 2.58. The molecule has 118 valence electrons. The molecule has 0 saturated heterocycles. The summed E-state index contributed by atoms with van der Waals surface area (Å²) in [6.45, 7) is 2.35. The molecule has 2 aromatic rings. The van der Waals surface area contributed by atoms with Crippen molar-refractivity contribution in [3.05, 3.63) is 59.9 Å². The highest BCUT2D eigenvalue weighted by Crippen LogP contribution is 2.36. The first-order chi connectivity index (χ1) is 10.7. The van der Waals surface area contributed by atoms with Crippen LogP contribution in [0.3, 0.4) is 0 Å². The van der Waals surface area contributed by atoms with Crippen molar-refractivity contribution in [3.63, 3.8) is 0 Å². The monoisotopic (exact) mass is 304 g/mol. The number of hydrogen-bond acceptors (Lipinski definition) is 1. The Morgan fingerprint density at radius 1 is 0.864 bits per heavy atom. The maximum Gasteiger partial charge on any atom is 0.123 e. The first-order valence-corrected chi connectivity index (χ1v) is 7.75. The van der Waals surface area contributed by atoms with Crippen molar-refractivity contribution >= 4 is 0 Å². The van der Waals surface area contributed by atoms with Crippen LogP contribution in [0.5, 0.6) is 0 Å². The zero-order valence-electron chi connectivity index (χ0n) is 12.8. The minimum atomic E-state index is -0.173. The van der Waals surface area contributed by atoms with Crippen LogP contribution in [0, 0.1) is 11.7 Å². The first kappa shape index (κ1) is 16.6.